The first-order chi connectivity index (χ1) is 16.5. The first-order valence-electron chi connectivity index (χ1n) is 11.1. The molecule has 0 aliphatic carbocycles. The summed E-state index contributed by atoms with van der Waals surface area (Å²) < 4.78 is 10.9. The van der Waals surface area contributed by atoms with E-state index >= 15 is 0 Å². The van der Waals surface area contributed by atoms with Crippen LogP contribution in [0.5, 0.6) is 0 Å². The Balaban J connectivity index is 1.48. The summed E-state index contributed by atoms with van der Waals surface area (Å²) >= 11 is 0. The third kappa shape index (κ3) is 5.56. The highest BCUT2D eigenvalue weighted by molar-refractivity contribution is 5.95. The van der Waals surface area contributed by atoms with Crippen LogP contribution in [0.25, 0.3) is 22.9 Å². The lowest BCUT2D eigenvalue weighted by atomic mass is 10.0. The summed E-state index contributed by atoms with van der Waals surface area (Å²) in [5.41, 5.74) is 3.97. The molecule has 1 heterocycles. The summed E-state index contributed by atoms with van der Waals surface area (Å²) in [5, 5.41) is 11.2. The number of ether oxygens (including phenoxy) is 1. The molecule has 4 rings (SSSR count). The maximum atomic E-state index is 12.9. The van der Waals surface area contributed by atoms with Gasteiger partial charge >= 0.3 is 5.97 Å². The van der Waals surface area contributed by atoms with Crippen LogP contribution in [0.15, 0.2) is 83.3 Å². The smallest absolute Gasteiger partial charge is 0.308 e. The van der Waals surface area contributed by atoms with E-state index in [1.165, 1.54) is 0 Å². The number of hydrogen-bond donors (Lipinski definition) is 1. The van der Waals surface area contributed by atoms with Gasteiger partial charge in [0.05, 0.1) is 19.1 Å². The van der Waals surface area contributed by atoms with Crippen molar-refractivity contribution in [2.24, 2.45) is 0 Å². The van der Waals surface area contributed by atoms with E-state index in [0.29, 0.717) is 22.9 Å². The largest absolute Gasteiger partial charge is 0.466 e. The fraction of sp³-hybridized carbons (Fsp3) is 0.185. The number of aryl methyl sites for hydroxylation is 1. The second-order valence-electron chi connectivity index (χ2n) is 7.80. The molecule has 7 nitrogen and oxygen atoms in total. The number of nitrogens with zero attached hydrogens (tertiary/aromatic N) is 2. The van der Waals surface area contributed by atoms with E-state index in [1.54, 1.807) is 31.2 Å². The number of esters is 1. The topological polar surface area (TPSA) is 94.3 Å². The number of aromatic nitrogens is 2. The molecule has 0 fully saturated rings. The molecule has 1 N–H and O–H groups in total. The van der Waals surface area contributed by atoms with Crippen LogP contribution >= 0.6 is 0 Å². The van der Waals surface area contributed by atoms with Gasteiger partial charge in [-0.25, -0.2) is 0 Å². The van der Waals surface area contributed by atoms with Crippen LogP contribution in [-0.2, 0) is 9.53 Å². The number of nitrogens with one attached hydrogen (secondary N) is 1. The van der Waals surface area contributed by atoms with Crippen LogP contribution < -0.4 is 5.32 Å². The normalized spacial score (nSPS) is 11.6. The van der Waals surface area contributed by atoms with Gasteiger partial charge in [-0.05, 0) is 55.8 Å². The van der Waals surface area contributed by atoms with Crippen molar-refractivity contribution in [1.82, 2.24) is 15.5 Å². The number of hydrogen-bond acceptors (Lipinski definition) is 6. The van der Waals surface area contributed by atoms with Gasteiger partial charge in [-0.15, -0.1) is 10.2 Å². The molecule has 1 aromatic heterocycles. The number of rotatable bonds is 8. The molecule has 1 amide bonds. The Morgan fingerprint density at radius 2 is 1.47 bits per heavy atom. The van der Waals surface area contributed by atoms with Crippen molar-refractivity contribution in [2.75, 3.05) is 6.61 Å². The highest BCUT2D eigenvalue weighted by Crippen LogP contribution is 2.25. The zero-order chi connectivity index (χ0) is 23.9. The monoisotopic (exact) mass is 455 g/mol. The summed E-state index contributed by atoms with van der Waals surface area (Å²) in [6.07, 6.45) is 0.0471. The molecule has 1 unspecified atom stereocenters. The molecule has 0 bridgehead atoms. The number of carbonyl (C=O) groups is 2. The Morgan fingerprint density at radius 1 is 0.882 bits per heavy atom. The highest BCUT2D eigenvalue weighted by Gasteiger charge is 2.20. The molecule has 34 heavy (non-hydrogen) atoms. The van der Waals surface area contributed by atoms with Crippen LogP contribution in [0.2, 0.25) is 0 Å². The molecule has 0 spiro atoms. The van der Waals surface area contributed by atoms with E-state index in [0.717, 1.165) is 16.7 Å². The van der Waals surface area contributed by atoms with Crippen LogP contribution in [0, 0.1) is 6.92 Å². The van der Waals surface area contributed by atoms with Gasteiger partial charge in [0, 0.05) is 16.7 Å². The molecular formula is C27H25N3O4. The Bertz CT molecular complexity index is 1250. The molecule has 7 heteroatoms. The molecular weight excluding hydrogens is 430 g/mol. The molecule has 4 aromatic rings. The zero-order valence-electron chi connectivity index (χ0n) is 19.0. The van der Waals surface area contributed by atoms with Gasteiger partial charge in [-0.3, -0.25) is 9.59 Å². The molecule has 1 atom stereocenters. The van der Waals surface area contributed by atoms with Gasteiger partial charge in [-0.1, -0.05) is 48.0 Å². The predicted octanol–water partition coefficient (Wildman–Crippen LogP) is 5.14. The maximum absolute atomic E-state index is 12.9. The molecule has 0 saturated carbocycles. The van der Waals surface area contributed by atoms with Crippen molar-refractivity contribution in [3.8, 4) is 22.9 Å². The average Bonchev–Trinajstić information content (AvgIpc) is 3.35. The second kappa shape index (κ2) is 10.6. The quantitative estimate of drug-likeness (QED) is 0.370. The van der Waals surface area contributed by atoms with Crippen molar-refractivity contribution in [3.05, 3.63) is 95.6 Å². The van der Waals surface area contributed by atoms with Gasteiger partial charge in [-0.2, -0.15) is 0 Å². The lowest BCUT2D eigenvalue weighted by Gasteiger charge is -2.18. The SMILES string of the molecule is CCOC(=O)CC(NC(=O)c1ccc(-c2nnc(-c3ccc(C)cc3)o2)cc1)c1ccccc1. The third-order valence-corrected chi connectivity index (χ3v) is 5.30. The van der Waals surface area contributed by atoms with Crippen molar-refractivity contribution < 1.29 is 18.7 Å². The minimum atomic E-state index is -0.500. The number of amides is 1. The second-order valence-corrected chi connectivity index (χ2v) is 7.80. The summed E-state index contributed by atoms with van der Waals surface area (Å²) in [4.78, 5) is 25.0. The summed E-state index contributed by atoms with van der Waals surface area (Å²) in [5.74, 6) is 0.136. The van der Waals surface area contributed by atoms with E-state index in [1.807, 2.05) is 61.5 Å². The highest BCUT2D eigenvalue weighted by atomic mass is 16.5. The Hall–Kier alpha value is -4.26. The predicted molar refractivity (Wildman–Crippen MR) is 128 cm³/mol. The van der Waals surface area contributed by atoms with Crippen LogP contribution in [0.4, 0.5) is 0 Å². The van der Waals surface area contributed by atoms with Crippen molar-refractivity contribution in [1.29, 1.82) is 0 Å². The minimum absolute atomic E-state index is 0.0471. The van der Waals surface area contributed by atoms with E-state index in [4.69, 9.17) is 9.15 Å². The fourth-order valence-corrected chi connectivity index (χ4v) is 3.48. The molecule has 0 aliphatic rings. The summed E-state index contributed by atoms with van der Waals surface area (Å²) in [7, 11) is 0. The third-order valence-electron chi connectivity index (χ3n) is 5.30. The van der Waals surface area contributed by atoms with Gasteiger partial charge in [0.2, 0.25) is 11.8 Å². The van der Waals surface area contributed by atoms with Crippen molar-refractivity contribution in [3.63, 3.8) is 0 Å². The van der Waals surface area contributed by atoms with Gasteiger partial charge < -0.3 is 14.5 Å². The van der Waals surface area contributed by atoms with E-state index in [9.17, 15) is 9.59 Å². The van der Waals surface area contributed by atoms with Crippen LogP contribution in [-0.4, -0.2) is 28.7 Å². The summed E-state index contributed by atoms with van der Waals surface area (Å²) in [6.45, 7) is 4.05. The lowest BCUT2D eigenvalue weighted by Crippen LogP contribution is -2.30. The van der Waals surface area contributed by atoms with Gasteiger partial charge in [0.25, 0.3) is 5.91 Å². The molecule has 172 valence electrons. The molecule has 0 saturated heterocycles. The first kappa shape index (κ1) is 22.9. The fourth-order valence-electron chi connectivity index (χ4n) is 3.48. The van der Waals surface area contributed by atoms with Crippen LogP contribution in [0.1, 0.15) is 40.9 Å². The summed E-state index contributed by atoms with van der Waals surface area (Å²) in [6, 6.07) is 23.6. The number of carbonyl (C=O) groups excluding carboxylic acids is 2. The van der Waals surface area contributed by atoms with Gasteiger partial charge in [0.15, 0.2) is 0 Å². The van der Waals surface area contributed by atoms with E-state index in [-0.39, 0.29) is 24.9 Å². The standard InChI is InChI=1S/C27H25N3O4/c1-3-33-24(31)17-23(19-7-5-4-6-8-19)28-25(32)20-13-15-22(16-14-20)27-30-29-26(34-27)21-11-9-18(2)10-12-21/h4-16,23H,3,17H2,1-2H3,(H,28,32). The zero-order valence-corrected chi connectivity index (χ0v) is 19.0. The average molecular weight is 456 g/mol. The maximum Gasteiger partial charge on any atom is 0.308 e. The molecule has 0 radical (unpaired) electrons. The van der Waals surface area contributed by atoms with Crippen molar-refractivity contribution in [2.45, 2.75) is 26.3 Å². The van der Waals surface area contributed by atoms with Crippen LogP contribution in [0.3, 0.4) is 0 Å². The Morgan fingerprint density at radius 3 is 2.06 bits per heavy atom. The number of benzene rings is 3. The minimum Gasteiger partial charge on any atom is -0.466 e. The van der Waals surface area contributed by atoms with Crippen molar-refractivity contribution >= 4 is 11.9 Å². The lowest BCUT2D eigenvalue weighted by molar-refractivity contribution is -0.143. The van der Waals surface area contributed by atoms with E-state index in [2.05, 4.69) is 15.5 Å². The first-order valence-corrected chi connectivity index (χ1v) is 11.1. The van der Waals surface area contributed by atoms with Gasteiger partial charge in [0.1, 0.15) is 0 Å². The van der Waals surface area contributed by atoms with E-state index < -0.39 is 6.04 Å². The Kier molecular flexibility index (Phi) is 7.13. The Labute approximate surface area is 197 Å². The molecule has 3 aromatic carbocycles. The molecule has 0 aliphatic heterocycles.